The van der Waals surface area contributed by atoms with Crippen molar-refractivity contribution in [2.75, 3.05) is 6.54 Å². The van der Waals surface area contributed by atoms with Gasteiger partial charge in [-0.3, -0.25) is 9.48 Å². The van der Waals surface area contributed by atoms with E-state index in [2.05, 4.69) is 24.3 Å². The Morgan fingerprint density at radius 2 is 2.29 bits per heavy atom. The van der Waals surface area contributed by atoms with Gasteiger partial charge in [0.2, 0.25) is 5.91 Å². The first-order valence-electron chi connectivity index (χ1n) is 5.86. The summed E-state index contributed by atoms with van der Waals surface area (Å²) in [6, 6.07) is 0. The number of nitrogens with one attached hydrogen (secondary N) is 1. The van der Waals surface area contributed by atoms with Crippen LogP contribution in [0.5, 0.6) is 0 Å². The summed E-state index contributed by atoms with van der Waals surface area (Å²) in [6.07, 6.45) is 3.89. The highest BCUT2D eigenvalue weighted by Crippen LogP contribution is 2.15. The molecule has 0 aromatic carbocycles. The zero-order valence-corrected chi connectivity index (χ0v) is 11.0. The summed E-state index contributed by atoms with van der Waals surface area (Å²) in [5.41, 5.74) is 6.28. The number of carbonyl (C=O) groups is 1. The minimum Gasteiger partial charge on any atom is -0.349 e. The Morgan fingerprint density at radius 1 is 1.65 bits per heavy atom. The van der Waals surface area contributed by atoms with Gasteiger partial charge in [0.25, 0.3) is 0 Å². The van der Waals surface area contributed by atoms with Gasteiger partial charge >= 0.3 is 0 Å². The lowest BCUT2D eigenvalue weighted by molar-refractivity contribution is -0.122. The zero-order valence-electron chi connectivity index (χ0n) is 11.0. The number of aryl methyl sites for hydroxylation is 1. The Labute approximate surface area is 102 Å². The molecule has 5 heteroatoms. The molecule has 1 atom stereocenters. The fourth-order valence-electron chi connectivity index (χ4n) is 1.54. The fraction of sp³-hybridized carbons (Fsp3) is 0.667. The van der Waals surface area contributed by atoms with E-state index < -0.39 is 0 Å². The Morgan fingerprint density at radius 3 is 2.71 bits per heavy atom. The quantitative estimate of drug-likeness (QED) is 0.782. The third kappa shape index (κ3) is 3.56. The Bertz CT molecular complexity index is 386. The average molecular weight is 238 g/mol. The summed E-state index contributed by atoms with van der Waals surface area (Å²) in [7, 11) is 1.83. The lowest BCUT2D eigenvalue weighted by atomic mass is 9.88. The van der Waals surface area contributed by atoms with Crippen molar-refractivity contribution in [1.82, 2.24) is 15.1 Å². The number of hydrogen-bond donors (Lipinski definition) is 2. The van der Waals surface area contributed by atoms with Crippen LogP contribution in [0.15, 0.2) is 12.4 Å². The van der Waals surface area contributed by atoms with Crippen molar-refractivity contribution in [2.24, 2.45) is 18.7 Å². The normalized spacial score (nSPS) is 14.7. The largest absolute Gasteiger partial charge is 0.349 e. The van der Waals surface area contributed by atoms with Crippen LogP contribution in [0.4, 0.5) is 0 Å². The summed E-state index contributed by atoms with van der Waals surface area (Å²) in [4.78, 5) is 11.9. The van der Waals surface area contributed by atoms with Crippen LogP contribution in [-0.2, 0) is 18.3 Å². The standard InChI is InChI=1S/C12H22N4O/c1-9(2)12(3,8-13)15-11(17)5-10-6-14-16(4)7-10/h6-7,9H,5,8,13H2,1-4H3,(H,15,17). The summed E-state index contributed by atoms with van der Waals surface area (Å²) >= 11 is 0. The van der Waals surface area contributed by atoms with Crippen LogP contribution in [0, 0.1) is 5.92 Å². The van der Waals surface area contributed by atoms with Crippen LogP contribution in [0.2, 0.25) is 0 Å². The van der Waals surface area contributed by atoms with Gasteiger partial charge in [-0.25, -0.2) is 0 Å². The molecule has 17 heavy (non-hydrogen) atoms. The smallest absolute Gasteiger partial charge is 0.225 e. The van der Waals surface area contributed by atoms with Gasteiger partial charge in [0, 0.05) is 19.8 Å². The molecule has 96 valence electrons. The predicted octanol–water partition coefficient (Wildman–Crippen LogP) is 0.452. The maximum absolute atomic E-state index is 11.9. The topological polar surface area (TPSA) is 72.9 Å². The molecule has 0 saturated carbocycles. The summed E-state index contributed by atoms with van der Waals surface area (Å²) in [5.74, 6) is 0.282. The van der Waals surface area contributed by atoms with E-state index in [0.717, 1.165) is 5.56 Å². The van der Waals surface area contributed by atoms with Gasteiger partial charge in [-0.1, -0.05) is 13.8 Å². The summed E-state index contributed by atoms with van der Waals surface area (Å²) < 4.78 is 1.69. The Hall–Kier alpha value is -1.36. The van der Waals surface area contributed by atoms with Gasteiger partial charge in [-0.2, -0.15) is 5.10 Å². The Balaban J connectivity index is 2.60. The first kappa shape index (κ1) is 13.7. The monoisotopic (exact) mass is 238 g/mol. The first-order chi connectivity index (χ1) is 7.87. The summed E-state index contributed by atoms with van der Waals surface area (Å²) in [6.45, 7) is 6.51. The van der Waals surface area contributed by atoms with Crippen molar-refractivity contribution >= 4 is 5.91 Å². The van der Waals surface area contributed by atoms with Crippen molar-refractivity contribution in [3.63, 3.8) is 0 Å². The molecule has 0 aliphatic heterocycles. The van der Waals surface area contributed by atoms with E-state index in [1.165, 1.54) is 0 Å². The SMILES string of the molecule is CC(C)C(C)(CN)NC(=O)Cc1cnn(C)c1. The molecule has 0 aliphatic rings. The number of nitrogens with two attached hydrogens (primary N) is 1. The number of amides is 1. The molecular formula is C12H22N4O. The molecule has 1 aromatic heterocycles. The number of carbonyl (C=O) groups excluding carboxylic acids is 1. The minimum atomic E-state index is -0.348. The van der Waals surface area contributed by atoms with Crippen LogP contribution in [0.1, 0.15) is 26.3 Å². The molecule has 1 unspecified atom stereocenters. The van der Waals surface area contributed by atoms with E-state index in [1.54, 1.807) is 10.9 Å². The second-order valence-electron chi connectivity index (χ2n) is 5.02. The number of aromatic nitrogens is 2. The molecule has 0 fully saturated rings. The van der Waals surface area contributed by atoms with E-state index in [0.29, 0.717) is 18.9 Å². The van der Waals surface area contributed by atoms with Crippen LogP contribution < -0.4 is 11.1 Å². The van der Waals surface area contributed by atoms with Crippen molar-refractivity contribution in [3.05, 3.63) is 18.0 Å². The molecule has 3 N–H and O–H groups in total. The molecule has 0 aliphatic carbocycles. The van der Waals surface area contributed by atoms with E-state index in [4.69, 9.17) is 5.73 Å². The van der Waals surface area contributed by atoms with Gasteiger partial charge < -0.3 is 11.1 Å². The predicted molar refractivity (Wildman–Crippen MR) is 67.4 cm³/mol. The molecule has 0 spiro atoms. The van der Waals surface area contributed by atoms with Gasteiger partial charge in [-0.05, 0) is 18.4 Å². The molecule has 0 bridgehead atoms. The molecule has 1 rings (SSSR count). The molecule has 0 saturated heterocycles. The highest BCUT2D eigenvalue weighted by atomic mass is 16.1. The number of rotatable bonds is 5. The van der Waals surface area contributed by atoms with Crippen LogP contribution >= 0.6 is 0 Å². The second-order valence-corrected chi connectivity index (χ2v) is 5.02. The zero-order chi connectivity index (χ0) is 13.1. The molecule has 1 amide bonds. The highest BCUT2D eigenvalue weighted by Gasteiger charge is 2.28. The Kier molecular flexibility index (Phi) is 4.28. The van der Waals surface area contributed by atoms with E-state index in [9.17, 15) is 4.79 Å². The van der Waals surface area contributed by atoms with Gasteiger partial charge in [0.05, 0.1) is 18.2 Å². The van der Waals surface area contributed by atoms with Crippen LogP contribution in [0.25, 0.3) is 0 Å². The van der Waals surface area contributed by atoms with Crippen molar-refractivity contribution in [3.8, 4) is 0 Å². The third-order valence-corrected chi connectivity index (χ3v) is 3.25. The summed E-state index contributed by atoms with van der Waals surface area (Å²) in [5, 5.41) is 7.03. The molecular weight excluding hydrogens is 216 g/mol. The second kappa shape index (κ2) is 5.31. The third-order valence-electron chi connectivity index (χ3n) is 3.25. The average Bonchev–Trinajstić information content (AvgIpc) is 2.63. The lowest BCUT2D eigenvalue weighted by Crippen LogP contribution is -2.55. The minimum absolute atomic E-state index is 0.0142. The maximum atomic E-state index is 11.9. The van der Waals surface area contributed by atoms with E-state index in [-0.39, 0.29) is 11.4 Å². The molecule has 1 aromatic rings. The van der Waals surface area contributed by atoms with Crippen molar-refractivity contribution < 1.29 is 4.79 Å². The van der Waals surface area contributed by atoms with Gasteiger partial charge in [-0.15, -0.1) is 0 Å². The van der Waals surface area contributed by atoms with E-state index >= 15 is 0 Å². The van der Waals surface area contributed by atoms with Crippen LogP contribution in [0.3, 0.4) is 0 Å². The number of nitrogens with zero attached hydrogens (tertiary/aromatic N) is 2. The molecule has 0 radical (unpaired) electrons. The van der Waals surface area contributed by atoms with E-state index in [1.807, 2.05) is 20.2 Å². The van der Waals surface area contributed by atoms with Crippen molar-refractivity contribution in [1.29, 1.82) is 0 Å². The van der Waals surface area contributed by atoms with Gasteiger partial charge in [0.1, 0.15) is 0 Å². The van der Waals surface area contributed by atoms with Gasteiger partial charge in [0.15, 0.2) is 0 Å². The van der Waals surface area contributed by atoms with Crippen LogP contribution in [-0.4, -0.2) is 27.8 Å². The number of hydrogen-bond acceptors (Lipinski definition) is 3. The first-order valence-corrected chi connectivity index (χ1v) is 5.86. The fourth-order valence-corrected chi connectivity index (χ4v) is 1.54. The molecule has 1 heterocycles. The maximum Gasteiger partial charge on any atom is 0.225 e. The molecule has 5 nitrogen and oxygen atoms in total. The highest BCUT2D eigenvalue weighted by molar-refractivity contribution is 5.79. The van der Waals surface area contributed by atoms with Crippen molar-refractivity contribution in [2.45, 2.75) is 32.7 Å². The lowest BCUT2D eigenvalue weighted by Gasteiger charge is -2.33.